The maximum Gasteiger partial charge on any atom is 0.309 e. The van der Waals surface area contributed by atoms with Gasteiger partial charge in [0.25, 0.3) is 0 Å². The van der Waals surface area contributed by atoms with Gasteiger partial charge in [-0.2, -0.15) is 5.10 Å². The van der Waals surface area contributed by atoms with E-state index >= 15 is 0 Å². The van der Waals surface area contributed by atoms with Gasteiger partial charge in [0.1, 0.15) is 5.01 Å². The van der Waals surface area contributed by atoms with Crippen LogP contribution in [0.5, 0.6) is 0 Å². The molecule has 1 aliphatic carbocycles. The normalized spacial score (nSPS) is 16.0. The fourth-order valence-electron chi connectivity index (χ4n) is 1.50. The largest absolute Gasteiger partial charge is 0.481 e. The van der Waals surface area contributed by atoms with Crippen molar-refractivity contribution in [3.05, 3.63) is 16.9 Å². The minimum absolute atomic E-state index is 0.0329. The predicted molar refractivity (Wildman–Crippen MR) is 54.2 cm³/mol. The zero-order valence-electron chi connectivity index (χ0n) is 7.88. The Labute approximate surface area is 89.4 Å². The van der Waals surface area contributed by atoms with Crippen LogP contribution in [0.25, 0.3) is 4.96 Å². The summed E-state index contributed by atoms with van der Waals surface area (Å²) >= 11 is 1.56. The Bertz CT molecular complexity index is 495. The number of carbonyl (C=O) groups is 1. The molecular weight excluding hydrogens is 214 g/mol. The van der Waals surface area contributed by atoms with Crippen molar-refractivity contribution in [3.63, 3.8) is 0 Å². The van der Waals surface area contributed by atoms with Crippen LogP contribution >= 0.6 is 11.3 Å². The summed E-state index contributed by atoms with van der Waals surface area (Å²) in [4.78, 5) is 15.5. The molecule has 3 rings (SSSR count). The third-order valence-electron chi connectivity index (χ3n) is 2.37. The average molecular weight is 223 g/mol. The number of fused-ring (bicyclic) bond motifs is 1. The Morgan fingerprint density at radius 2 is 2.47 bits per heavy atom. The van der Waals surface area contributed by atoms with Crippen LogP contribution in [0, 0.1) is 0 Å². The van der Waals surface area contributed by atoms with Crippen molar-refractivity contribution in [1.82, 2.24) is 14.6 Å². The van der Waals surface area contributed by atoms with E-state index in [2.05, 4.69) is 10.1 Å². The van der Waals surface area contributed by atoms with Crippen LogP contribution in [0.1, 0.15) is 29.5 Å². The van der Waals surface area contributed by atoms with Gasteiger partial charge in [-0.05, 0) is 12.8 Å². The van der Waals surface area contributed by atoms with Gasteiger partial charge >= 0.3 is 5.97 Å². The zero-order valence-corrected chi connectivity index (χ0v) is 8.70. The molecule has 2 aromatic rings. The molecule has 5 nitrogen and oxygen atoms in total. The highest BCUT2D eigenvalue weighted by Crippen LogP contribution is 2.41. The molecule has 0 aliphatic heterocycles. The quantitative estimate of drug-likeness (QED) is 0.851. The second-order valence-electron chi connectivity index (χ2n) is 3.74. The zero-order chi connectivity index (χ0) is 10.4. The molecule has 1 N–H and O–H groups in total. The molecule has 0 saturated heterocycles. The van der Waals surface area contributed by atoms with Gasteiger partial charge in [0.05, 0.1) is 18.3 Å². The summed E-state index contributed by atoms with van der Waals surface area (Å²) in [5.74, 6) is -0.234. The first-order valence-electron chi connectivity index (χ1n) is 4.79. The minimum atomic E-state index is -0.858. The minimum Gasteiger partial charge on any atom is -0.481 e. The van der Waals surface area contributed by atoms with Crippen molar-refractivity contribution in [2.24, 2.45) is 0 Å². The van der Waals surface area contributed by atoms with Crippen molar-refractivity contribution >= 4 is 22.3 Å². The molecule has 0 aromatic carbocycles. The lowest BCUT2D eigenvalue weighted by molar-refractivity contribution is -0.136. The molecular formula is C9H9N3O2S. The Kier molecular flexibility index (Phi) is 1.79. The second kappa shape index (κ2) is 3.03. The van der Waals surface area contributed by atoms with Gasteiger partial charge in [0.15, 0.2) is 0 Å². The number of hydrogen-bond donors (Lipinski definition) is 1. The Hall–Kier alpha value is -1.43. The van der Waals surface area contributed by atoms with Crippen molar-refractivity contribution in [3.8, 4) is 0 Å². The topological polar surface area (TPSA) is 67.5 Å². The number of carboxylic acids is 1. The smallest absolute Gasteiger partial charge is 0.309 e. The van der Waals surface area contributed by atoms with Crippen LogP contribution in [-0.4, -0.2) is 25.7 Å². The maximum absolute atomic E-state index is 10.5. The van der Waals surface area contributed by atoms with E-state index in [1.807, 2.05) is 0 Å². The highest BCUT2D eigenvalue weighted by Gasteiger charge is 2.27. The molecule has 0 amide bonds. The van der Waals surface area contributed by atoms with Gasteiger partial charge in [-0.25, -0.2) is 9.50 Å². The maximum atomic E-state index is 10.5. The van der Waals surface area contributed by atoms with Crippen LogP contribution in [0.3, 0.4) is 0 Å². The lowest BCUT2D eigenvalue weighted by Crippen LogP contribution is -1.99. The molecule has 2 heterocycles. The van der Waals surface area contributed by atoms with Gasteiger partial charge in [-0.1, -0.05) is 11.3 Å². The van der Waals surface area contributed by atoms with Crippen LogP contribution < -0.4 is 0 Å². The van der Waals surface area contributed by atoms with Crippen molar-refractivity contribution in [1.29, 1.82) is 0 Å². The standard InChI is InChI=1S/C9H9N3O2S/c13-7(14)3-6-4-12-9(10-6)15-8(11-12)5-1-2-5/h4-5H,1-3H2,(H,13,14). The molecule has 2 aromatic heterocycles. The van der Waals surface area contributed by atoms with Crippen LogP contribution in [0.15, 0.2) is 6.20 Å². The molecule has 0 bridgehead atoms. The fourth-order valence-corrected chi connectivity index (χ4v) is 2.56. The van der Waals surface area contributed by atoms with E-state index in [1.165, 1.54) is 12.8 Å². The number of aliphatic carboxylic acids is 1. The fraction of sp³-hybridized carbons (Fsp3) is 0.444. The molecule has 0 atom stereocenters. The first-order valence-corrected chi connectivity index (χ1v) is 5.61. The summed E-state index contributed by atoms with van der Waals surface area (Å²) in [6.07, 6.45) is 4.11. The highest BCUT2D eigenvalue weighted by molar-refractivity contribution is 7.16. The van der Waals surface area contributed by atoms with Crippen molar-refractivity contribution in [2.45, 2.75) is 25.2 Å². The summed E-state index contributed by atoms with van der Waals surface area (Å²) < 4.78 is 1.69. The van der Waals surface area contributed by atoms with E-state index in [0.29, 0.717) is 11.6 Å². The molecule has 6 heteroatoms. The number of aromatic nitrogens is 3. The van der Waals surface area contributed by atoms with Crippen LogP contribution in [0.2, 0.25) is 0 Å². The number of imidazole rings is 1. The van der Waals surface area contributed by atoms with E-state index < -0.39 is 5.97 Å². The van der Waals surface area contributed by atoms with E-state index in [1.54, 1.807) is 22.0 Å². The molecule has 0 spiro atoms. The number of carboxylic acid groups (broad SMARTS) is 1. The highest BCUT2D eigenvalue weighted by atomic mass is 32.1. The Morgan fingerprint density at radius 3 is 3.07 bits per heavy atom. The van der Waals surface area contributed by atoms with E-state index in [9.17, 15) is 4.79 Å². The Balaban J connectivity index is 1.94. The average Bonchev–Trinajstić information content (AvgIpc) is 2.81. The van der Waals surface area contributed by atoms with Crippen molar-refractivity contribution < 1.29 is 9.90 Å². The number of rotatable bonds is 3. The van der Waals surface area contributed by atoms with E-state index in [4.69, 9.17) is 5.11 Å². The summed E-state index contributed by atoms with van der Waals surface area (Å²) in [6.45, 7) is 0. The second-order valence-corrected chi connectivity index (χ2v) is 4.73. The van der Waals surface area contributed by atoms with Crippen LogP contribution in [0.4, 0.5) is 0 Å². The lowest BCUT2D eigenvalue weighted by atomic mass is 10.3. The number of hydrogen-bond acceptors (Lipinski definition) is 4. The summed E-state index contributed by atoms with van der Waals surface area (Å²) in [6, 6.07) is 0. The molecule has 15 heavy (non-hydrogen) atoms. The molecule has 1 saturated carbocycles. The van der Waals surface area contributed by atoms with Gasteiger partial charge < -0.3 is 5.11 Å². The SMILES string of the molecule is O=C(O)Cc1cn2nc(C3CC3)sc2n1. The third kappa shape index (κ3) is 1.61. The number of nitrogens with zero attached hydrogens (tertiary/aromatic N) is 3. The molecule has 1 aliphatic rings. The summed E-state index contributed by atoms with van der Waals surface area (Å²) in [5.41, 5.74) is 0.573. The van der Waals surface area contributed by atoms with Gasteiger partial charge in [-0.15, -0.1) is 0 Å². The van der Waals surface area contributed by atoms with E-state index in [0.717, 1.165) is 9.97 Å². The summed E-state index contributed by atoms with van der Waals surface area (Å²) in [7, 11) is 0. The Morgan fingerprint density at radius 1 is 1.67 bits per heavy atom. The lowest BCUT2D eigenvalue weighted by Gasteiger charge is -1.87. The monoisotopic (exact) mass is 223 g/mol. The molecule has 1 fully saturated rings. The van der Waals surface area contributed by atoms with Crippen LogP contribution in [-0.2, 0) is 11.2 Å². The molecule has 78 valence electrons. The molecule has 0 radical (unpaired) electrons. The van der Waals surface area contributed by atoms with Gasteiger partial charge in [0.2, 0.25) is 4.96 Å². The molecule has 0 unspecified atom stereocenters. The first-order chi connectivity index (χ1) is 7.22. The van der Waals surface area contributed by atoms with E-state index in [-0.39, 0.29) is 6.42 Å². The van der Waals surface area contributed by atoms with Crippen molar-refractivity contribution in [2.75, 3.05) is 0 Å². The van der Waals surface area contributed by atoms with Gasteiger partial charge in [-0.3, -0.25) is 4.79 Å². The third-order valence-corrected chi connectivity index (χ3v) is 3.45. The summed E-state index contributed by atoms with van der Waals surface area (Å²) in [5, 5.41) is 14.1. The van der Waals surface area contributed by atoms with Gasteiger partial charge in [0, 0.05) is 5.92 Å². The predicted octanol–water partition coefficient (Wildman–Crippen LogP) is 1.30. The first kappa shape index (κ1) is 8.84.